The molecule has 0 aromatic heterocycles. The quantitative estimate of drug-likeness (QED) is 0.491. The predicted molar refractivity (Wildman–Crippen MR) is 130 cm³/mol. The number of halogens is 5. The Morgan fingerprint density at radius 3 is 2.49 bits per heavy atom. The van der Waals surface area contributed by atoms with E-state index in [1.165, 1.54) is 28.7 Å². The van der Waals surface area contributed by atoms with Gasteiger partial charge in [0.15, 0.2) is 0 Å². The second-order valence-electron chi connectivity index (χ2n) is 8.31. The van der Waals surface area contributed by atoms with Gasteiger partial charge in [0.2, 0.25) is 0 Å². The molecular formula is C24H21Cl2F3N2O3S. The average Bonchev–Trinajstić information content (AvgIpc) is 3.38. The number of benzene rings is 2. The summed E-state index contributed by atoms with van der Waals surface area (Å²) in [5.74, 6) is -0.783. The molecular weight excluding hydrogens is 524 g/mol. The van der Waals surface area contributed by atoms with Crippen LogP contribution in [-0.2, 0) is 14.4 Å². The van der Waals surface area contributed by atoms with E-state index in [9.17, 15) is 22.8 Å². The lowest BCUT2D eigenvalue weighted by atomic mass is 9.87. The van der Waals surface area contributed by atoms with Gasteiger partial charge in [-0.1, -0.05) is 35.3 Å². The van der Waals surface area contributed by atoms with Crippen molar-refractivity contribution in [2.24, 2.45) is 0 Å². The third kappa shape index (κ3) is 4.91. The molecule has 2 aliphatic heterocycles. The number of rotatable bonds is 5. The Balaban J connectivity index is 1.56. The maximum absolute atomic E-state index is 14.3. The van der Waals surface area contributed by atoms with Crippen LogP contribution in [0.3, 0.4) is 0 Å². The molecule has 2 aromatic rings. The first-order valence-corrected chi connectivity index (χ1v) is 12.3. The molecule has 5 nitrogen and oxygen atoms in total. The largest absolute Gasteiger partial charge is 0.407 e. The number of carbonyl (C=O) groups excluding carboxylic acids is 2. The fourth-order valence-corrected chi connectivity index (χ4v) is 5.87. The third-order valence-corrected chi connectivity index (χ3v) is 7.86. The number of alkyl halides is 3. The van der Waals surface area contributed by atoms with Crippen molar-refractivity contribution in [2.75, 3.05) is 13.2 Å². The number of amides is 2. The number of nitrogens with zero attached hydrogens (tertiary/aromatic N) is 1. The van der Waals surface area contributed by atoms with Crippen LogP contribution >= 0.6 is 35.0 Å². The first kappa shape index (κ1) is 25.9. The lowest BCUT2D eigenvalue weighted by Gasteiger charge is -2.32. The number of nitrogens with one attached hydrogen (secondary N) is 1. The molecule has 1 N–H and O–H groups in total. The van der Waals surface area contributed by atoms with E-state index in [2.05, 4.69) is 5.32 Å². The highest BCUT2D eigenvalue weighted by Gasteiger charge is 2.58. The molecule has 2 aliphatic rings. The van der Waals surface area contributed by atoms with Gasteiger partial charge in [-0.25, -0.2) is 5.06 Å². The van der Waals surface area contributed by atoms with Gasteiger partial charge >= 0.3 is 6.18 Å². The molecule has 35 heavy (non-hydrogen) atoms. The lowest BCUT2D eigenvalue weighted by molar-refractivity contribution is -0.160. The zero-order valence-electron chi connectivity index (χ0n) is 18.7. The minimum Gasteiger partial charge on any atom is -0.338 e. The molecule has 0 radical (unpaired) electrons. The SMILES string of the molecule is CCN1OC[C@@H](NC(=O)c2ccc(C3=CS[C@@](c4cc(Cl)cc(Cl)c4)(C(F)(F)F)C3)cc2C)C1=O. The van der Waals surface area contributed by atoms with Gasteiger partial charge in [0.1, 0.15) is 17.4 Å². The van der Waals surface area contributed by atoms with Crippen molar-refractivity contribution >= 4 is 52.4 Å². The number of hydrogen-bond donors (Lipinski definition) is 1. The summed E-state index contributed by atoms with van der Waals surface area (Å²) in [5, 5.41) is 5.59. The first-order valence-electron chi connectivity index (χ1n) is 10.7. The highest BCUT2D eigenvalue weighted by atomic mass is 35.5. The summed E-state index contributed by atoms with van der Waals surface area (Å²) in [6, 6.07) is 8.01. The van der Waals surface area contributed by atoms with Gasteiger partial charge in [-0.2, -0.15) is 13.2 Å². The minimum atomic E-state index is -4.57. The van der Waals surface area contributed by atoms with Gasteiger partial charge in [-0.05, 0) is 65.8 Å². The molecule has 11 heteroatoms. The molecule has 0 unspecified atom stereocenters. The predicted octanol–water partition coefficient (Wildman–Crippen LogP) is 6.13. The van der Waals surface area contributed by atoms with Gasteiger partial charge in [0.25, 0.3) is 11.8 Å². The van der Waals surface area contributed by atoms with Crippen LogP contribution in [-0.4, -0.2) is 42.2 Å². The van der Waals surface area contributed by atoms with Crippen LogP contribution in [0.25, 0.3) is 5.57 Å². The standard InChI is InChI=1S/C24H21Cl2F3N2O3S/c1-3-31-22(33)20(11-34-31)30-21(32)19-5-4-14(6-13(19)2)15-10-23(35-12-15,24(27,28)29)16-7-17(25)9-18(26)8-16/h4-9,12,20H,3,10-11H2,1-2H3,(H,30,32)/t20-,23+/m1/s1. The lowest BCUT2D eigenvalue weighted by Crippen LogP contribution is -2.42. The Bertz CT molecular complexity index is 1200. The topological polar surface area (TPSA) is 58.6 Å². The maximum atomic E-state index is 14.3. The van der Waals surface area contributed by atoms with E-state index in [1.807, 2.05) is 0 Å². The monoisotopic (exact) mass is 544 g/mol. The van der Waals surface area contributed by atoms with Crippen LogP contribution in [0.5, 0.6) is 0 Å². The fourth-order valence-electron chi connectivity index (χ4n) is 4.16. The van der Waals surface area contributed by atoms with Gasteiger partial charge < -0.3 is 5.32 Å². The van der Waals surface area contributed by atoms with E-state index < -0.39 is 22.9 Å². The van der Waals surface area contributed by atoms with Crippen molar-refractivity contribution in [3.8, 4) is 0 Å². The van der Waals surface area contributed by atoms with Crippen molar-refractivity contribution in [2.45, 2.75) is 37.2 Å². The number of allylic oxidation sites excluding steroid dienone is 1. The van der Waals surface area contributed by atoms with E-state index in [-0.39, 0.29) is 34.5 Å². The van der Waals surface area contributed by atoms with Crippen molar-refractivity contribution in [3.63, 3.8) is 0 Å². The Morgan fingerprint density at radius 1 is 1.23 bits per heavy atom. The highest BCUT2D eigenvalue weighted by Crippen LogP contribution is 2.60. The number of aryl methyl sites for hydroxylation is 1. The van der Waals surface area contributed by atoms with Crippen molar-refractivity contribution in [1.82, 2.24) is 10.4 Å². The number of hydroxylamine groups is 2. The molecule has 2 atom stereocenters. The zero-order chi connectivity index (χ0) is 25.5. The summed E-state index contributed by atoms with van der Waals surface area (Å²) >= 11 is 12.7. The Kier molecular flexibility index (Phi) is 7.16. The Hall–Kier alpha value is -2.20. The van der Waals surface area contributed by atoms with E-state index in [4.69, 9.17) is 28.0 Å². The normalized spacial score (nSPS) is 22.5. The molecule has 0 saturated carbocycles. The van der Waals surface area contributed by atoms with Crippen LogP contribution in [0.4, 0.5) is 13.2 Å². The van der Waals surface area contributed by atoms with Crippen molar-refractivity contribution in [3.05, 3.63) is 74.1 Å². The van der Waals surface area contributed by atoms with Crippen LogP contribution in [0.15, 0.2) is 41.8 Å². The molecule has 2 aromatic carbocycles. The molecule has 1 fully saturated rings. The van der Waals surface area contributed by atoms with E-state index in [0.717, 1.165) is 0 Å². The summed E-state index contributed by atoms with van der Waals surface area (Å²) < 4.78 is 40.8. The maximum Gasteiger partial charge on any atom is 0.407 e. The van der Waals surface area contributed by atoms with Gasteiger partial charge in [0, 0.05) is 28.6 Å². The summed E-state index contributed by atoms with van der Waals surface area (Å²) in [6.07, 6.45) is -4.88. The fraction of sp³-hybridized carbons (Fsp3) is 0.333. The van der Waals surface area contributed by atoms with E-state index >= 15 is 0 Å². The average molecular weight is 545 g/mol. The molecule has 4 rings (SSSR count). The van der Waals surface area contributed by atoms with E-state index in [0.29, 0.717) is 40.6 Å². The number of likely N-dealkylation sites (N-methyl/N-ethyl adjacent to an activating group) is 1. The molecule has 0 bridgehead atoms. The third-order valence-electron chi connectivity index (χ3n) is 6.00. The molecule has 186 valence electrons. The van der Waals surface area contributed by atoms with Crippen molar-refractivity contribution < 1.29 is 27.6 Å². The van der Waals surface area contributed by atoms with Crippen LogP contribution in [0.2, 0.25) is 10.0 Å². The Labute approximate surface area is 214 Å². The molecule has 2 amide bonds. The number of carbonyl (C=O) groups is 2. The van der Waals surface area contributed by atoms with Crippen LogP contribution in [0, 0.1) is 6.92 Å². The van der Waals surface area contributed by atoms with Gasteiger partial charge in [-0.15, -0.1) is 11.8 Å². The van der Waals surface area contributed by atoms with Crippen LogP contribution in [0.1, 0.15) is 40.4 Å². The molecule has 0 aliphatic carbocycles. The second-order valence-corrected chi connectivity index (χ2v) is 10.3. The van der Waals surface area contributed by atoms with Crippen LogP contribution < -0.4 is 5.32 Å². The summed E-state index contributed by atoms with van der Waals surface area (Å²) in [7, 11) is 0. The summed E-state index contributed by atoms with van der Waals surface area (Å²) in [6.45, 7) is 3.87. The minimum absolute atomic E-state index is 0.0176. The summed E-state index contributed by atoms with van der Waals surface area (Å²) in [5.41, 5.74) is 1.93. The molecule has 1 saturated heterocycles. The van der Waals surface area contributed by atoms with E-state index in [1.54, 1.807) is 32.0 Å². The Morgan fingerprint density at radius 2 is 1.91 bits per heavy atom. The number of thioether (sulfide) groups is 1. The van der Waals surface area contributed by atoms with Crippen molar-refractivity contribution in [1.29, 1.82) is 0 Å². The molecule has 2 heterocycles. The zero-order valence-corrected chi connectivity index (χ0v) is 21.0. The number of hydrogen-bond acceptors (Lipinski definition) is 4. The first-order chi connectivity index (χ1) is 16.4. The highest BCUT2D eigenvalue weighted by molar-refractivity contribution is 8.03. The molecule has 0 spiro atoms. The summed E-state index contributed by atoms with van der Waals surface area (Å²) in [4.78, 5) is 30.2. The smallest absolute Gasteiger partial charge is 0.338 e. The van der Waals surface area contributed by atoms with Gasteiger partial charge in [-0.3, -0.25) is 14.4 Å². The van der Waals surface area contributed by atoms with Gasteiger partial charge in [0.05, 0.1) is 0 Å². The second kappa shape index (κ2) is 9.69.